The summed E-state index contributed by atoms with van der Waals surface area (Å²) in [5.74, 6) is 0.724. The van der Waals surface area contributed by atoms with Crippen molar-refractivity contribution >= 4 is 21.5 Å². The van der Waals surface area contributed by atoms with E-state index >= 15 is 0 Å². The van der Waals surface area contributed by atoms with Crippen LogP contribution in [0.25, 0.3) is 5.76 Å². The van der Waals surface area contributed by atoms with Gasteiger partial charge >= 0.3 is 0 Å². The molecule has 0 unspecified atom stereocenters. The van der Waals surface area contributed by atoms with Gasteiger partial charge in [0.15, 0.2) is 0 Å². The van der Waals surface area contributed by atoms with Crippen molar-refractivity contribution in [3.8, 4) is 0 Å². The van der Waals surface area contributed by atoms with E-state index in [1.54, 1.807) is 30.3 Å². The van der Waals surface area contributed by atoms with Crippen molar-refractivity contribution in [1.29, 1.82) is 0 Å². The fourth-order valence-electron chi connectivity index (χ4n) is 3.13. The maximum absolute atomic E-state index is 12.7. The van der Waals surface area contributed by atoms with Gasteiger partial charge in [-0.3, -0.25) is 0 Å². The Labute approximate surface area is 202 Å². The lowest BCUT2D eigenvalue weighted by molar-refractivity contribution is 0.298. The molecule has 0 saturated heterocycles. The quantitative estimate of drug-likeness (QED) is 0.181. The number of rotatable bonds is 9. The van der Waals surface area contributed by atoms with Crippen molar-refractivity contribution in [2.75, 3.05) is 6.61 Å². The molecule has 0 aliphatic heterocycles. The lowest BCUT2D eigenvalue weighted by Crippen LogP contribution is -2.20. The fraction of sp³-hybridized carbons (Fsp3) is 0.179. The van der Waals surface area contributed by atoms with Gasteiger partial charge in [-0.1, -0.05) is 83.4 Å². The third-order valence-electron chi connectivity index (χ3n) is 5.10. The summed E-state index contributed by atoms with van der Waals surface area (Å²) in [7, 11) is -3.80. The van der Waals surface area contributed by atoms with Crippen molar-refractivity contribution in [2.45, 2.75) is 32.6 Å². The number of sulfonamides is 1. The number of nitrogens with zero attached hydrogens (tertiary/aromatic N) is 1. The van der Waals surface area contributed by atoms with E-state index in [-0.39, 0.29) is 4.90 Å². The first-order valence-electron chi connectivity index (χ1n) is 11.1. The van der Waals surface area contributed by atoms with Crippen molar-refractivity contribution in [2.24, 2.45) is 5.10 Å². The van der Waals surface area contributed by atoms with Gasteiger partial charge < -0.3 is 4.74 Å². The molecular weight excluding hydrogens is 444 g/mol. The van der Waals surface area contributed by atoms with Gasteiger partial charge in [-0.25, -0.2) is 0 Å². The van der Waals surface area contributed by atoms with Crippen LogP contribution in [0.5, 0.6) is 0 Å². The van der Waals surface area contributed by atoms with Crippen molar-refractivity contribution in [3.63, 3.8) is 0 Å². The Morgan fingerprint density at radius 1 is 0.824 bits per heavy atom. The molecule has 0 radical (unpaired) electrons. The highest BCUT2D eigenvalue weighted by Gasteiger charge is 2.13. The van der Waals surface area contributed by atoms with Gasteiger partial charge in [0.2, 0.25) is 0 Å². The summed E-state index contributed by atoms with van der Waals surface area (Å²) in [5, 5.41) is 4.24. The largest absolute Gasteiger partial charge is 0.493 e. The highest BCUT2D eigenvalue weighted by atomic mass is 32.2. The number of hydrazone groups is 1. The second kappa shape index (κ2) is 11.5. The van der Waals surface area contributed by atoms with Crippen molar-refractivity contribution < 1.29 is 13.2 Å². The fourth-order valence-corrected chi connectivity index (χ4v) is 3.95. The topological polar surface area (TPSA) is 67.8 Å². The van der Waals surface area contributed by atoms with Gasteiger partial charge in [-0.2, -0.15) is 18.4 Å². The summed E-state index contributed by atoms with van der Waals surface area (Å²) in [4.78, 5) is 2.53. The smallest absolute Gasteiger partial charge is 0.276 e. The predicted molar refractivity (Wildman–Crippen MR) is 139 cm³/mol. The highest BCUT2D eigenvalue weighted by molar-refractivity contribution is 7.89. The van der Waals surface area contributed by atoms with E-state index in [0.29, 0.717) is 12.3 Å². The molecule has 0 bridgehead atoms. The van der Waals surface area contributed by atoms with E-state index < -0.39 is 10.0 Å². The highest BCUT2D eigenvalue weighted by Crippen LogP contribution is 2.17. The molecule has 0 aliphatic rings. The summed E-state index contributed by atoms with van der Waals surface area (Å²) >= 11 is 0. The Bertz CT molecular complexity index is 1290. The number of hydrogen-bond acceptors (Lipinski definition) is 4. The van der Waals surface area contributed by atoms with E-state index in [4.69, 9.17) is 4.74 Å². The molecule has 5 nitrogen and oxygen atoms in total. The summed E-state index contributed by atoms with van der Waals surface area (Å²) in [6.07, 6.45) is 5.42. The van der Waals surface area contributed by atoms with Gasteiger partial charge in [0.1, 0.15) is 5.76 Å². The normalized spacial score (nSPS) is 12.7. The third-order valence-corrected chi connectivity index (χ3v) is 6.33. The Morgan fingerprint density at radius 3 is 1.85 bits per heavy atom. The van der Waals surface area contributed by atoms with Crippen LogP contribution in [0.15, 0.2) is 101 Å². The Kier molecular flexibility index (Phi) is 8.44. The number of aryl methyl sites for hydroxylation is 3. The van der Waals surface area contributed by atoms with Crippen molar-refractivity contribution in [1.82, 2.24) is 4.83 Å². The van der Waals surface area contributed by atoms with E-state index in [2.05, 4.69) is 9.93 Å². The zero-order valence-corrected chi connectivity index (χ0v) is 20.8. The molecule has 0 saturated carbocycles. The second-order valence-electron chi connectivity index (χ2n) is 7.96. The van der Waals surface area contributed by atoms with Gasteiger partial charge in [0, 0.05) is 11.1 Å². The first kappa shape index (κ1) is 25.0. The van der Waals surface area contributed by atoms with Crippen LogP contribution in [-0.4, -0.2) is 20.7 Å². The summed E-state index contributed by atoms with van der Waals surface area (Å²) < 4.78 is 31.3. The minimum Gasteiger partial charge on any atom is -0.493 e. The molecule has 0 aliphatic carbocycles. The van der Waals surface area contributed by atoms with Crippen LogP contribution in [0, 0.1) is 20.8 Å². The number of benzene rings is 3. The lowest BCUT2D eigenvalue weighted by atomic mass is 10.1. The van der Waals surface area contributed by atoms with E-state index in [0.717, 1.165) is 28.0 Å². The monoisotopic (exact) mass is 474 g/mol. The van der Waals surface area contributed by atoms with Crippen LogP contribution < -0.4 is 4.83 Å². The zero-order valence-electron chi connectivity index (χ0n) is 19.9. The molecule has 176 valence electrons. The Hall–Kier alpha value is -3.64. The molecule has 3 aromatic carbocycles. The average Bonchev–Trinajstić information content (AvgIpc) is 2.82. The Morgan fingerprint density at radius 2 is 1.32 bits per heavy atom. The van der Waals surface area contributed by atoms with Crippen molar-refractivity contribution in [3.05, 3.63) is 119 Å². The van der Waals surface area contributed by atoms with E-state index in [9.17, 15) is 8.42 Å². The zero-order chi connectivity index (χ0) is 24.6. The molecule has 3 rings (SSSR count). The van der Waals surface area contributed by atoms with Crippen LogP contribution in [0.3, 0.4) is 0 Å². The van der Waals surface area contributed by atoms with Gasteiger partial charge in [-0.05, 0) is 52.0 Å². The maximum atomic E-state index is 12.7. The Balaban J connectivity index is 1.93. The van der Waals surface area contributed by atoms with Gasteiger partial charge in [0.25, 0.3) is 10.0 Å². The molecule has 6 heteroatoms. The number of allylic oxidation sites excluding steroid dienone is 3. The molecule has 34 heavy (non-hydrogen) atoms. The summed E-state index contributed by atoms with van der Waals surface area (Å²) in [5.41, 5.74) is 5.49. The second-order valence-corrected chi connectivity index (χ2v) is 9.62. The molecular formula is C28H30N2O3S. The molecule has 1 N–H and O–H groups in total. The lowest BCUT2D eigenvalue weighted by Gasteiger charge is -2.09. The van der Waals surface area contributed by atoms with Gasteiger partial charge in [-0.15, -0.1) is 0 Å². The number of nitrogens with one attached hydrogen (secondary N) is 1. The van der Waals surface area contributed by atoms with Crippen LogP contribution in [0.2, 0.25) is 0 Å². The van der Waals surface area contributed by atoms with E-state index in [1.165, 1.54) is 5.56 Å². The van der Waals surface area contributed by atoms with E-state index in [1.807, 2.05) is 88.4 Å². The van der Waals surface area contributed by atoms with Crippen LogP contribution in [0.4, 0.5) is 0 Å². The minimum absolute atomic E-state index is 0.159. The van der Waals surface area contributed by atoms with Crippen LogP contribution in [-0.2, 0) is 14.8 Å². The SMILES string of the molecule is CCO/C(=C/C=C/C(=N\NS(=O)(=O)c1ccc(C)cc1)c1ccc(C)cc1)c1ccc(C)cc1. The minimum atomic E-state index is -3.80. The maximum Gasteiger partial charge on any atom is 0.276 e. The predicted octanol–water partition coefficient (Wildman–Crippen LogP) is 5.93. The summed E-state index contributed by atoms with van der Waals surface area (Å²) in [6, 6.07) is 22.5. The molecule has 0 aromatic heterocycles. The third kappa shape index (κ3) is 6.93. The molecule has 0 spiro atoms. The van der Waals surface area contributed by atoms with Gasteiger partial charge in [0.05, 0.1) is 17.2 Å². The first-order chi connectivity index (χ1) is 16.3. The molecule has 0 fully saturated rings. The van der Waals surface area contributed by atoms with Crippen LogP contribution >= 0.6 is 0 Å². The molecule has 0 amide bonds. The van der Waals surface area contributed by atoms with Crippen LogP contribution in [0.1, 0.15) is 34.7 Å². The standard InChI is InChI=1S/C28H30N2O3S/c1-5-33-28(25-17-11-22(3)12-18-25)8-6-7-27(24-15-9-21(2)10-16-24)29-30-34(31,32)26-19-13-23(4)14-20-26/h6-20,30H,5H2,1-4H3/b7-6+,28-8+,29-27+. The average molecular weight is 475 g/mol. The number of ether oxygens (including phenoxy) is 1. The molecule has 3 aromatic rings. The molecule has 0 heterocycles. The molecule has 0 atom stereocenters. The first-order valence-corrected chi connectivity index (χ1v) is 12.6. The number of hydrogen-bond donors (Lipinski definition) is 1. The summed E-state index contributed by atoms with van der Waals surface area (Å²) in [6.45, 7) is 8.40.